The number of benzene rings is 1. The van der Waals surface area contributed by atoms with Crippen molar-refractivity contribution in [3.63, 3.8) is 0 Å². The summed E-state index contributed by atoms with van der Waals surface area (Å²) >= 11 is 0. The molecule has 4 nitrogen and oxygen atoms in total. The third kappa shape index (κ3) is 3.18. The average molecular weight is 272 g/mol. The molecule has 0 N–H and O–H groups in total. The fraction of sp³-hybridized carbons (Fsp3) is 0.143. The Labute approximate surface area is 114 Å². The van der Waals surface area contributed by atoms with Crippen LogP contribution in [0.25, 0.3) is 0 Å². The molecule has 0 saturated carbocycles. The molecule has 1 heterocycles. The lowest BCUT2D eigenvalue weighted by Crippen LogP contribution is -2.00. The topological polar surface area (TPSA) is 63.0 Å². The van der Waals surface area contributed by atoms with Crippen molar-refractivity contribution in [2.75, 3.05) is 7.11 Å². The zero-order valence-corrected chi connectivity index (χ0v) is 11.2. The molecule has 0 amide bonds. The van der Waals surface area contributed by atoms with E-state index < -0.39 is 10.8 Å². The van der Waals surface area contributed by atoms with E-state index in [1.54, 1.807) is 49.7 Å². The van der Waals surface area contributed by atoms with E-state index in [1.165, 1.54) is 0 Å². The fourth-order valence-electron chi connectivity index (χ4n) is 1.62. The first kappa shape index (κ1) is 13.2. The Morgan fingerprint density at radius 2 is 2.21 bits per heavy atom. The highest BCUT2D eigenvalue weighted by atomic mass is 32.2. The minimum Gasteiger partial charge on any atom is -0.497 e. The van der Waals surface area contributed by atoms with Gasteiger partial charge in [-0.05, 0) is 24.3 Å². The molecule has 2 rings (SSSR count). The van der Waals surface area contributed by atoms with Gasteiger partial charge in [0.1, 0.15) is 17.5 Å². The van der Waals surface area contributed by atoms with E-state index in [2.05, 4.69) is 4.98 Å². The summed E-state index contributed by atoms with van der Waals surface area (Å²) in [5, 5.41) is 8.95. The van der Waals surface area contributed by atoms with Gasteiger partial charge in [0.15, 0.2) is 0 Å². The van der Waals surface area contributed by atoms with Gasteiger partial charge in [-0.2, -0.15) is 5.26 Å². The van der Waals surface area contributed by atoms with Crippen molar-refractivity contribution in [2.24, 2.45) is 0 Å². The quantitative estimate of drug-likeness (QED) is 0.856. The van der Waals surface area contributed by atoms with Crippen LogP contribution in [0.5, 0.6) is 5.75 Å². The Morgan fingerprint density at radius 1 is 1.37 bits per heavy atom. The molecule has 0 bridgehead atoms. The maximum Gasteiger partial charge on any atom is 0.144 e. The molecule has 0 aliphatic carbocycles. The van der Waals surface area contributed by atoms with E-state index in [4.69, 9.17) is 10.00 Å². The summed E-state index contributed by atoms with van der Waals surface area (Å²) in [5.41, 5.74) is 1.00. The van der Waals surface area contributed by atoms with Crippen molar-refractivity contribution in [3.8, 4) is 11.8 Å². The van der Waals surface area contributed by atoms with Crippen LogP contribution >= 0.6 is 0 Å². The molecule has 0 spiro atoms. The summed E-state index contributed by atoms with van der Waals surface area (Å²) in [5.74, 6) is 0.932. The lowest BCUT2D eigenvalue weighted by atomic mass is 10.2. The number of hydrogen-bond acceptors (Lipinski definition) is 4. The van der Waals surface area contributed by atoms with Crippen LogP contribution < -0.4 is 4.74 Å². The first-order valence-electron chi connectivity index (χ1n) is 5.61. The summed E-state index contributed by atoms with van der Waals surface area (Å²) in [6, 6.07) is 12.6. The molecule has 96 valence electrons. The molecule has 2 aromatic rings. The predicted molar refractivity (Wildman–Crippen MR) is 72.1 cm³/mol. The molecule has 19 heavy (non-hydrogen) atoms. The molecule has 1 aromatic carbocycles. The summed E-state index contributed by atoms with van der Waals surface area (Å²) < 4.78 is 17.4. The molecule has 0 radical (unpaired) electrons. The van der Waals surface area contributed by atoms with E-state index in [1.807, 2.05) is 6.07 Å². The molecule has 1 unspecified atom stereocenters. The molecule has 0 aliphatic heterocycles. The number of nitrogens with zero attached hydrogens (tertiary/aromatic N) is 2. The Hall–Kier alpha value is -2.19. The number of methoxy groups -OCH3 is 1. The van der Waals surface area contributed by atoms with Crippen molar-refractivity contribution in [3.05, 3.63) is 53.9 Å². The maximum atomic E-state index is 12.3. The molecule has 0 aliphatic rings. The second kappa shape index (κ2) is 6.12. The van der Waals surface area contributed by atoms with Crippen LogP contribution in [0.15, 0.2) is 47.5 Å². The number of nitriles is 1. The highest BCUT2D eigenvalue weighted by Crippen LogP contribution is 2.18. The standard InChI is InChI=1S/C14H12N2O2S/c1-18-12-5-2-6-13(8-12)19(17)10-11-4-3-7-16-14(11)9-15/h2-8H,10H2,1H3. The highest BCUT2D eigenvalue weighted by molar-refractivity contribution is 7.84. The van der Waals surface area contributed by atoms with Crippen molar-refractivity contribution in [1.29, 1.82) is 5.26 Å². The molecule has 0 saturated heterocycles. The van der Waals surface area contributed by atoms with Crippen LogP contribution in [-0.2, 0) is 16.6 Å². The third-order valence-electron chi connectivity index (χ3n) is 2.59. The van der Waals surface area contributed by atoms with Crippen LogP contribution in [0.4, 0.5) is 0 Å². The normalized spacial score (nSPS) is 11.6. The van der Waals surface area contributed by atoms with E-state index in [9.17, 15) is 4.21 Å². The Bertz CT molecular complexity index is 650. The zero-order valence-electron chi connectivity index (χ0n) is 10.4. The number of pyridine rings is 1. The van der Waals surface area contributed by atoms with Gasteiger partial charge < -0.3 is 4.74 Å². The van der Waals surface area contributed by atoms with Crippen molar-refractivity contribution >= 4 is 10.8 Å². The van der Waals surface area contributed by atoms with Crippen LogP contribution in [0, 0.1) is 11.3 Å². The first-order chi connectivity index (χ1) is 9.24. The Morgan fingerprint density at radius 3 is 2.95 bits per heavy atom. The second-order valence-electron chi connectivity index (χ2n) is 3.79. The Kier molecular flexibility index (Phi) is 4.26. The number of rotatable bonds is 4. The first-order valence-corrected chi connectivity index (χ1v) is 6.93. The zero-order chi connectivity index (χ0) is 13.7. The number of aromatic nitrogens is 1. The largest absolute Gasteiger partial charge is 0.497 e. The van der Waals surface area contributed by atoms with Gasteiger partial charge in [0.2, 0.25) is 0 Å². The van der Waals surface area contributed by atoms with Gasteiger partial charge in [-0.15, -0.1) is 0 Å². The van der Waals surface area contributed by atoms with Gasteiger partial charge in [0.05, 0.1) is 23.7 Å². The van der Waals surface area contributed by atoms with Gasteiger partial charge >= 0.3 is 0 Å². The number of ether oxygens (including phenoxy) is 1. The minimum absolute atomic E-state index is 0.268. The Balaban J connectivity index is 2.23. The maximum absolute atomic E-state index is 12.3. The van der Waals surface area contributed by atoms with Crippen LogP contribution in [0.1, 0.15) is 11.3 Å². The van der Waals surface area contributed by atoms with E-state index in [0.717, 1.165) is 0 Å². The van der Waals surface area contributed by atoms with Crippen molar-refractivity contribution in [2.45, 2.75) is 10.6 Å². The summed E-state index contributed by atoms with van der Waals surface area (Å²) in [7, 11) is 0.337. The van der Waals surface area contributed by atoms with Gasteiger partial charge in [-0.25, -0.2) is 4.98 Å². The molecule has 5 heteroatoms. The smallest absolute Gasteiger partial charge is 0.144 e. The van der Waals surface area contributed by atoms with Crippen LogP contribution in [-0.4, -0.2) is 16.3 Å². The van der Waals surface area contributed by atoms with E-state index in [-0.39, 0.29) is 5.75 Å². The summed E-state index contributed by atoms with van der Waals surface area (Å²) in [6.07, 6.45) is 1.55. The van der Waals surface area contributed by atoms with E-state index in [0.29, 0.717) is 21.9 Å². The van der Waals surface area contributed by atoms with Crippen LogP contribution in [0.2, 0.25) is 0 Å². The molecule has 0 fully saturated rings. The highest BCUT2D eigenvalue weighted by Gasteiger charge is 2.10. The lowest BCUT2D eigenvalue weighted by molar-refractivity contribution is 0.413. The summed E-state index contributed by atoms with van der Waals surface area (Å²) in [4.78, 5) is 4.63. The van der Waals surface area contributed by atoms with Crippen molar-refractivity contribution < 1.29 is 8.95 Å². The molecule has 1 aromatic heterocycles. The SMILES string of the molecule is COc1cccc(S(=O)Cc2cccnc2C#N)c1. The predicted octanol–water partition coefficient (Wildman–Crippen LogP) is 2.27. The average Bonchev–Trinajstić information content (AvgIpc) is 2.47. The summed E-state index contributed by atoms with van der Waals surface area (Å²) in [6.45, 7) is 0. The fourth-order valence-corrected chi connectivity index (χ4v) is 2.78. The van der Waals surface area contributed by atoms with E-state index >= 15 is 0 Å². The van der Waals surface area contributed by atoms with Crippen LogP contribution in [0.3, 0.4) is 0 Å². The lowest BCUT2D eigenvalue weighted by Gasteiger charge is -2.05. The van der Waals surface area contributed by atoms with Crippen molar-refractivity contribution in [1.82, 2.24) is 4.98 Å². The van der Waals surface area contributed by atoms with Gasteiger partial charge in [-0.3, -0.25) is 4.21 Å². The number of hydrogen-bond donors (Lipinski definition) is 0. The molecular weight excluding hydrogens is 260 g/mol. The van der Waals surface area contributed by atoms with Gasteiger partial charge in [-0.1, -0.05) is 12.1 Å². The van der Waals surface area contributed by atoms with Gasteiger partial charge in [0.25, 0.3) is 0 Å². The van der Waals surface area contributed by atoms with Gasteiger partial charge in [0, 0.05) is 16.7 Å². The third-order valence-corrected chi connectivity index (χ3v) is 3.94. The molecule has 1 atom stereocenters. The minimum atomic E-state index is -1.23. The molecular formula is C14H12N2O2S. The monoisotopic (exact) mass is 272 g/mol. The second-order valence-corrected chi connectivity index (χ2v) is 5.24.